The van der Waals surface area contributed by atoms with E-state index in [0.717, 1.165) is 41.8 Å². The second-order valence-electron chi connectivity index (χ2n) is 5.04. The summed E-state index contributed by atoms with van der Waals surface area (Å²) in [5, 5.41) is 4.37. The minimum absolute atomic E-state index is 0.183. The van der Waals surface area contributed by atoms with Gasteiger partial charge in [0.25, 0.3) is 5.91 Å². The van der Waals surface area contributed by atoms with Crippen molar-refractivity contribution in [2.24, 2.45) is 11.8 Å². The highest BCUT2D eigenvalue weighted by Gasteiger charge is 2.38. The smallest absolute Gasteiger partial charge is 0.265 e. The summed E-state index contributed by atoms with van der Waals surface area (Å²) in [5.74, 6) is 1.50. The van der Waals surface area contributed by atoms with Crippen molar-refractivity contribution < 1.29 is 4.79 Å². The highest BCUT2D eigenvalue weighted by molar-refractivity contribution is 7.13. The fraction of sp³-hybridized carbons (Fsp3) is 0.667. The summed E-state index contributed by atoms with van der Waals surface area (Å²) in [5.41, 5.74) is 0.882. The Kier molecular flexibility index (Phi) is 2.67. The van der Waals surface area contributed by atoms with E-state index in [2.05, 4.69) is 10.3 Å². The van der Waals surface area contributed by atoms with Gasteiger partial charge in [-0.05, 0) is 25.7 Å². The number of fused-ring (bicyclic) bond motifs is 1. The van der Waals surface area contributed by atoms with Gasteiger partial charge in [0.1, 0.15) is 4.88 Å². The number of rotatable bonds is 1. The Bertz CT molecular complexity index is 445. The number of carbonyl (C=O) groups is 1. The van der Waals surface area contributed by atoms with Gasteiger partial charge in [0, 0.05) is 26.2 Å². The number of likely N-dealkylation sites (tertiary alicyclic amines) is 1. The Morgan fingerprint density at radius 1 is 1.35 bits per heavy atom. The second-order valence-corrected chi connectivity index (χ2v) is 6.24. The van der Waals surface area contributed by atoms with E-state index in [9.17, 15) is 4.79 Å². The molecule has 0 radical (unpaired) electrons. The Labute approximate surface area is 105 Å². The molecule has 2 aliphatic heterocycles. The molecule has 0 aliphatic carbocycles. The van der Waals surface area contributed by atoms with Crippen LogP contribution in [0, 0.1) is 25.7 Å². The average molecular weight is 251 g/mol. The molecule has 2 fully saturated rings. The Balaban J connectivity index is 1.77. The number of carbonyl (C=O) groups excluding carboxylic acids is 1. The van der Waals surface area contributed by atoms with E-state index in [0.29, 0.717) is 11.8 Å². The molecule has 2 aliphatic rings. The average Bonchev–Trinajstić information content (AvgIpc) is 2.90. The standard InChI is InChI=1S/C12H17N3OS/c1-7-11(17-8(2)14-7)12(16)15-5-9-3-13-4-10(9)6-15/h9-10,13H,3-6H2,1-2H3. The molecule has 2 unspecified atom stereocenters. The van der Waals surface area contributed by atoms with E-state index >= 15 is 0 Å². The number of aromatic nitrogens is 1. The van der Waals surface area contributed by atoms with Gasteiger partial charge >= 0.3 is 0 Å². The quantitative estimate of drug-likeness (QED) is 0.811. The fourth-order valence-electron chi connectivity index (χ4n) is 2.89. The maximum absolute atomic E-state index is 12.4. The molecule has 2 atom stereocenters. The zero-order valence-electron chi connectivity index (χ0n) is 10.2. The van der Waals surface area contributed by atoms with Gasteiger partial charge < -0.3 is 10.2 Å². The van der Waals surface area contributed by atoms with Crippen LogP contribution in [0.3, 0.4) is 0 Å². The molecule has 0 saturated carbocycles. The highest BCUT2D eigenvalue weighted by atomic mass is 32.1. The number of thiazole rings is 1. The lowest BCUT2D eigenvalue weighted by atomic mass is 10.0. The maximum atomic E-state index is 12.4. The second kappa shape index (κ2) is 4.07. The fourth-order valence-corrected chi connectivity index (χ4v) is 3.78. The first-order valence-corrected chi connectivity index (χ1v) is 6.91. The van der Waals surface area contributed by atoms with Gasteiger partial charge in [-0.15, -0.1) is 11.3 Å². The van der Waals surface area contributed by atoms with Crippen molar-refractivity contribution in [2.75, 3.05) is 26.2 Å². The lowest BCUT2D eigenvalue weighted by Gasteiger charge is -2.16. The van der Waals surface area contributed by atoms with Crippen molar-refractivity contribution >= 4 is 17.2 Å². The van der Waals surface area contributed by atoms with Crippen LogP contribution in [0.1, 0.15) is 20.4 Å². The van der Waals surface area contributed by atoms with Crippen LogP contribution < -0.4 is 5.32 Å². The molecule has 0 aromatic carbocycles. The third kappa shape index (κ3) is 1.87. The first-order valence-electron chi connectivity index (χ1n) is 6.09. The van der Waals surface area contributed by atoms with Crippen molar-refractivity contribution in [3.63, 3.8) is 0 Å². The molecule has 1 N–H and O–H groups in total. The number of hydrogen-bond donors (Lipinski definition) is 1. The van der Waals surface area contributed by atoms with Crippen molar-refractivity contribution in [3.8, 4) is 0 Å². The van der Waals surface area contributed by atoms with Crippen molar-refractivity contribution in [1.82, 2.24) is 15.2 Å². The van der Waals surface area contributed by atoms with Crippen LogP contribution in [0.15, 0.2) is 0 Å². The van der Waals surface area contributed by atoms with Gasteiger partial charge in [-0.3, -0.25) is 4.79 Å². The topological polar surface area (TPSA) is 45.2 Å². The number of nitrogens with one attached hydrogen (secondary N) is 1. The Morgan fingerprint density at radius 3 is 2.53 bits per heavy atom. The monoisotopic (exact) mass is 251 g/mol. The molecule has 0 bridgehead atoms. The van der Waals surface area contributed by atoms with Gasteiger partial charge in [-0.25, -0.2) is 4.98 Å². The largest absolute Gasteiger partial charge is 0.337 e. The zero-order chi connectivity index (χ0) is 12.0. The van der Waals surface area contributed by atoms with Crippen LogP contribution in [0.5, 0.6) is 0 Å². The lowest BCUT2D eigenvalue weighted by molar-refractivity contribution is 0.0785. The van der Waals surface area contributed by atoms with E-state index in [4.69, 9.17) is 0 Å². The molecular weight excluding hydrogens is 234 g/mol. The molecule has 3 heterocycles. The maximum Gasteiger partial charge on any atom is 0.265 e. The first-order chi connectivity index (χ1) is 8.15. The molecule has 1 aromatic heterocycles. The third-order valence-corrected chi connectivity index (χ3v) is 4.84. The highest BCUT2D eigenvalue weighted by Crippen LogP contribution is 2.29. The summed E-state index contributed by atoms with van der Waals surface area (Å²) >= 11 is 1.52. The van der Waals surface area contributed by atoms with E-state index in [1.54, 1.807) is 0 Å². The summed E-state index contributed by atoms with van der Waals surface area (Å²) in [6.45, 7) is 7.83. The van der Waals surface area contributed by atoms with Crippen LogP contribution in [0.2, 0.25) is 0 Å². The van der Waals surface area contributed by atoms with Gasteiger partial charge in [0.05, 0.1) is 10.7 Å². The molecule has 2 saturated heterocycles. The summed E-state index contributed by atoms with van der Waals surface area (Å²) in [6.07, 6.45) is 0. The van der Waals surface area contributed by atoms with Crippen LogP contribution in [-0.4, -0.2) is 42.0 Å². The molecule has 92 valence electrons. The van der Waals surface area contributed by atoms with E-state index in [-0.39, 0.29) is 5.91 Å². The Hall–Kier alpha value is -0.940. The molecule has 17 heavy (non-hydrogen) atoms. The SMILES string of the molecule is Cc1nc(C)c(C(=O)N2CC3CNCC3C2)s1. The van der Waals surface area contributed by atoms with Crippen molar-refractivity contribution in [2.45, 2.75) is 13.8 Å². The van der Waals surface area contributed by atoms with Crippen molar-refractivity contribution in [3.05, 3.63) is 15.6 Å². The lowest BCUT2D eigenvalue weighted by Crippen LogP contribution is -2.31. The van der Waals surface area contributed by atoms with Gasteiger partial charge in [0.15, 0.2) is 0 Å². The van der Waals surface area contributed by atoms with E-state index in [1.165, 1.54) is 11.3 Å². The number of amides is 1. The minimum Gasteiger partial charge on any atom is -0.337 e. The molecular formula is C12H17N3OS. The van der Waals surface area contributed by atoms with E-state index < -0.39 is 0 Å². The van der Waals surface area contributed by atoms with Crippen LogP contribution >= 0.6 is 11.3 Å². The summed E-state index contributed by atoms with van der Waals surface area (Å²) in [4.78, 5) is 19.6. The summed E-state index contributed by atoms with van der Waals surface area (Å²) in [7, 11) is 0. The molecule has 3 rings (SSSR count). The van der Waals surface area contributed by atoms with Gasteiger partial charge in [-0.2, -0.15) is 0 Å². The Morgan fingerprint density at radius 2 is 2.00 bits per heavy atom. The summed E-state index contributed by atoms with van der Waals surface area (Å²) < 4.78 is 0. The zero-order valence-corrected chi connectivity index (χ0v) is 11.0. The molecule has 4 nitrogen and oxygen atoms in total. The van der Waals surface area contributed by atoms with E-state index in [1.807, 2.05) is 18.7 Å². The van der Waals surface area contributed by atoms with Crippen LogP contribution in [0.4, 0.5) is 0 Å². The normalized spacial score (nSPS) is 27.5. The third-order valence-electron chi connectivity index (χ3n) is 3.77. The van der Waals surface area contributed by atoms with Crippen molar-refractivity contribution in [1.29, 1.82) is 0 Å². The minimum atomic E-state index is 0.183. The number of hydrogen-bond acceptors (Lipinski definition) is 4. The number of nitrogens with zero attached hydrogens (tertiary/aromatic N) is 2. The molecule has 0 spiro atoms. The molecule has 1 aromatic rings. The first kappa shape index (κ1) is 11.2. The van der Waals surface area contributed by atoms with Gasteiger partial charge in [-0.1, -0.05) is 0 Å². The number of aryl methyl sites for hydroxylation is 2. The van der Waals surface area contributed by atoms with Gasteiger partial charge in [0.2, 0.25) is 0 Å². The van der Waals surface area contributed by atoms with Crippen LogP contribution in [-0.2, 0) is 0 Å². The predicted octanol–water partition coefficient (Wildman–Crippen LogP) is 1.05. The molecule has 5 heteroatoms. The molecule has 1 amide bonds. The predicted molar refractivity (Wildman–Crippen MR) is 67.3 cm³/mol. The van der Waals surface area contributed by atoms with Crippen LogP contribution in [0.25, 0.3) is 0 Å². The summed E-state index contributed by atoms with van der Waals surface area (Å²) in [6, 6.07) is 0.